The predicted octanol–water partition coefficient (Wildman–Crippen LogP) is 4.56. The lowest BCUT2D eigenvalue weighted by Crippen LogP contribution is -2.27. The van der Waals surface area contributed by atoms with Crippen LogP contribution in [0.1, 0.15) is 54.1 Å². The second-order valence-electron chi connectivity index (χ2n) is 7.44. The lowest BCUT2D eigenvalue weighted by atomic mass is 10.0. The lowest BCUT2D eigenvalue weighted by molar-refractivity contribution is -0.274. The summed E-state index contributed by atoms with van der Waals surface area (Å²) >= 11 is 0. The van der Waals surface area contributed by atoms with Crippen molar-refractivity contribution in [1.29, 1.82) is 0 Å². The molecular formula is C22H25F3N2O4. The summed E-state index contributed by atoms with van der Waals surface area (Å²) in [7, 11) is 1.25. The quantitative estimate of drug-likeness (QED) is 0.654. The van der Waals surface area contributed by atoms with Crippen LogP contribution in [-0.2, 0) is 11.2 Å². The zero-order valence-corrected chi connectivity index (χ0v) is 18.0. The molecule has 0 radical (unpaired) electrons. The van der Waals surface area contributed by atoms with Crippen LogP contribution in [0.5, 0.6) is 11.5 Å². The van der Waals surface area contributed by atoms with Crippen molar-refractivity contribution >= 4 is 11.7 Å². The van der Waals surface area contributed by atoms with Gasteiger partial charge in [0.25, 0.3) is 5.91 Å². The van der Waals surface area contributed by atoms with Gasteiger partial charge >= 0.3 is 6.36 Å². The SMILES string of the molecule is COc1cc(OC(F)(F)F)ccc1C(=O)NC(C)c1cc(C)nc(CC(=O)C(C)C)c1. The molecule has 9 heteroatoms. The first-order valence-electron chi connectivity index (χ1n) is 9.64. The number of halogens is 3. The number of amides is 1. The van der Waals surface area contributed by atoms with Gasteiger partial charge in [0.1, 0.15) is 17.3 Å². The Bertz CT molecular complexity index is 958. The molecule has 0 fully saturated rings. The minimum absolute atomic E-state index is 0.0550. The molecule has 0 saturated carbocycles. The van der Waals surface area contributed by atoms with Crippen molar-refractivity contribution in [2.45, 2.75) is 46.5 Å². The van der Waals surface area contributed by atoms with E-state index in [1.807, 2.05) is 13.8 Å². The highest BCUT2D eigenvalue weighted by atomic mass is 19.4. The molecule has 0 aliphatic rings. The van der Waals surface area contributed by atoms with Crippen LogP contribution < -0.4 is 14.8 Å². The number of pyridine rings is 1. The molecule has 0 saturated heterocycles. The van der Waals surface area contributed by atoms with Gasteiger partial charge in [0.15, 0.2) is 0 Å². The Labute approximate surface area is 178 Å². The number of aromatic nitrogens is 1. The molecular weight excluding hydrogens is 413 g/mol. The van der Waals surface area contributed by atoms with Crippen LogP contribution in [0.4, 0.5) is 13.2 Å². The number of rotatable bonds is 8. The molecule has 1 atom stereocenters. The maximum absolute atomic E-state index is 12.7. The molecule has 0 aliphatic carbocycles. The van der Waals surface area contributed by atoms with Gasteiger partial charge in [0, 0.05) is 29.8 Å². The summed E-state index contributed by atoms with van der Waals surface area (Å²) in [6, 6.07) is 6.35. The zero-order chi connectivity index (χ0) is 23.3. The van der Waals surface area contributed by atoms with E-state index in [4.69, 9.17) is 4.74 Å². The molecule has 2 rings (SSSR count). The predicted molar refractivity (Wildman–Crippen MR) is 108 cm³/mol. The van der Waals surface area contributed by atoms with Gasteiger partial charge in [-0.1, -0.05) is 13.8 Å². The van der Waals surface area contributed by atoms with Crippen LogP contribution in [-0.4, -0.2) is 30.1 Å². The number of carbonyl (C=O) groups is 2. The molecule has 31 heavy (non-hydrogen) atoms. The average Bonchev–Trinajstić information content (AvgIpc) is 2.65. The molecule has 1 amide bonds. The smallest absolute Gasteiger partial charge is 0.496 e. The first kappa shape index (κ1) is 24.2. The Morgan fingerprint density at radius 2 is 1.81 bits per heavy atom. The maximum atomic E-state index is 12.7. The standard InChI is InChI=1S/C22H25F3N2O4/c1-12(2)19(28)10-16-9-15(8-13(3)26-16)14(4)27-21(29)18-7-6-17(11-20(18)30-5)31-22(23,24)25/h6-9,11-12,14H,10H2,1-5H3,(H,27,29). The van der Waals surface area contributed by atoms with E-state index in [0.29, 0.717) is 11.4 Å². The first-order valence-corrected chi connectivity index (χ1v) is 9.64. The van der Waals surface area contributed by atoms with Gasteiger partial charge in [-0.2, -0.15) is 0 Å². The highest BCUT2D eigenvalue weighted by Crippen LogP contribution is 2.29. The van der Waals surface area contributed by atoms with E-state index in [0.717, 1.165) is 17.7 Å². The summed E-state index contributed by atoms with van der Waals surface area (Å²) in [5, 5.41) is 2.79. The zero-order valence-electron chi connectivity index (χ0n) is 18.0. The third-order valence-electron chi connectivity index (χ3n) is 4.53. The van der Waals surface area contributed by atoms with Crippen LogP contribution >= 0.6 is 0 Å². The van der Waals surface area contributed by atoms with E-state index < -0.39 is 24.1 Å². The molecule has 1 aromatic carbocycles. The maximum Gasteiger partial charge on any atom is 0.573 e. The molecule has 2 aromatic rings. The van der Waals surface area contributed by atoms with E-state index in [2.05, 4.69) is 15.0 Å². The van der Waals surface area contributed by atoms with Crippen LogP contribution in [0.25, 0.3) is 0 Å². The number of nitrogens with one attached hydrogen (secondary N) is 1. The summed E-state index contributed by atoms with van der Waals surface area (Å²) in [6.45, 7) is 7.19. The van der Waals surface area contributed by atoms with Gasteiger partial charge in [-0.3, -0.25) is 14.6 Å². The second kappa shape index (κ2) is 9.80. The number of Topliss-reactive ketones (excluding diaryl/α,β-unsaturated/α-hetero) is 1. The molecule has 1 aromatic heterocycles. The monoisotopic (exact) mass is 438 g/mol. The number of ether oxygens (including phenoxy) is 2. The van der Waals surface area contributed by atoms with Crippen molar-refractivity contribution in [2.75, 3.05) is 7.11 Å². The number of methoxy groups -OCH3 is 1. The molecule has 1 N–H and O–H groups in total. The van der Waals surface area contributed by atoms with Crippen molar-refractivity contribution in [3.05, 3.63) is 52.8 Å². The Balaban J connectivity index is 2.20. The van der Waals surface area contributed by atoms with Gasteiger partial charge in [-0.15, -0.1) is 13.2 Å². The van der Waals surface area contributed by atoms with E-state index >= 15 is 0 Å². The molecule has 1 heterocycles. The third kappa shape index (κ3) is 6.97. The number of aryl methyl sites for hydroxylation is 1. The summed E-state index contributed by atoms with van der Waals surface area (Å²) in [5.41, 5.74) is 2.13. The summed E-state index contributed by atoms with van der Waals surface area (Å²) in [6.07, 6.45) is -4.65. The van der Waals surface area contributed by atoms with Crippen molar-refractivity contribution < 1.29 is 32.2 Å². The van der Waals surface area contributed by atoms with Gasteiger partial charge in [0.05, 0.1) is 18.7 Å². The van der Waals surface area contributed by atoms with Gasteiger partial charge in [-0.05, 0) is 43.7 Å². The van der Waals surface area contributed by atoms with Crippen LogP contribution in [0.15, 0.2) is 30.3 Å². The van der Waals surface area contributed by atoms with Crippen molar-refractivity contribution in [3.63, 3.8) is 0 Å². The number of hydrogen-bond donors (Lipinski definition) is 1. The molecule has 0 aliphatic heterocycles. The van der Waals surface area contributed by atoms with Crippen LogP contribution in [0, 0.1) is 12.8 Å². The molecule has 1 unspecified atom stereocenters. The van der Waals surface area contributed by atoms with E-state index in [1.54, 1.807) is 26.0 Å². The third-order valence-corrected chi connectivity index (χ3v) is 4.53. The number of alkyl halides is 3. The minimum atomic E-state index is -4.85. The number of nitrogens with zero attached hydrogens (tertiary/aromatic N) is 1. The number of hydrogen-bond acceptors (Lipinski definition) is 5. The minimum Gasteiger partial charge on any atom is -0.496 e. The van der Waals surface area contributed by atoms with Crippen molar-refractivity contribution in [2.24, 2.45) is 5.92 Å². The Kier molecular flexibility index (Phi) is 7.65. The van der Waals surface area contributed by atoms with Crippen molar-refractivity contribution in [1.82, 2.24) is 10.3 Å². The fourth-order valence-electron chi connectivity index (χ4n) is 2.90. The number of ketones is 1. The largest absolute Gasteiger partial charge is 0.573 e. The lowest BCUT2D eigenvalue weighted by Gasteiger charge is -2.18. The van der Waals surface area contributed by atoms with Gasteiger partial charge in [-0.25, -0.2) is 0 Å². The summed E-state index contributed by atoms with van der Waals surface area (Å²) < 4.78 is 46.2. The van der Waals surface area contributed by atoms with Crippen LogP contribution in [0.3, 0.4) is 0 Å². The van der Waals surface area contributed by atoms with Gasteiger partial charge in [0.2, 0.25) is 0 Å². The summed E-state index contributed by atoms with van der Waals surface area (Å²) in [5.74, 6) is -1.12. The molecule has 0 bridgehead atoms. The Hall–Kier alpha value is -3.10. The Morgan fingerprint density at radius 3 is 2.39 bits per heavy atom. The molecule has 168 valence electrons. The van der Waals surface area contributed by atoms with Crippen molar-refractivity contribution in [3.8, 4) is 11.5 Å². The normalized spacial score (nSPS) is 12.4. The highest BCUT2D eigenvalue weighted by molar-refractivity contribution is 5.97. The topological polar surface area (TPSA) is 77.5 Å². The van der Waals surface area contributed by atoms with Gasteiger partial charge < -0.3 is 14.8 Å². The fourth-order valence-corrected chi connectivity index (χ4v) is 2.90. The first-order chi connectivity index (χ1) is 14.4. The van der Waals surface area contributed by atoms with E-state index in [9.17, 15) is 22.8 Å². The molecule has 6 nitrogen and oxygen atoms in total. The number of benzene rings is 1. The highest BCUT2D eigenvalue weighted by Gasteiger charge is 2.31. The average molecular weight is 438 g/mol. The van der Waals surface area contributed by atoms with E-state index in [-0.39, 0.29) is 29.4 Å². The van der Waals surface area contributed by atoms with Crippen LogP contribution in [0.2, 0.25) is 0 Å². The van der Waals surface area contributed by atoms with E-state index in [1.165, 1.54) is 13.2 Å². The molecule has 0 spiro atoms. The fraction of sp³-hybridized carbons (Fsp3) is 0.409. The second-order valence-corrected chi connectivity index (χ2v) is 7.44. The Morgan fingerprint density at radius 1 is 1.13 bits per heavy atom. The summed E-state index contributed by atoms with van der Waals surface area (Å²) in [4.78, 5) is 29.1. The number of carbonyl (C=O) groups excluding carboxylic acids is 2.